The lowest BCUT2D eigenvalue weighted by Gasteiger charge is -2.26. The lowest BCUT2D eigenvalue weighted by atomic mass is 10.1. The molecular weight excluding hydrogens is 312 g/mol. The third kappa shape index (κ3) is 3.01. The highest BCUT2D eigenvalue weighted by Crippen LogP contribution is 2.46. The summed E-state index contributed by atoms with van der Waals surface area (Å²) in [4.78, 5) is 11.4. The van der Waals surface area contributed by atoms with Crippen LogP contribution in [0.25, 0.3) is 0 Å². The highest BCUT2D eigenvalue weighted by Gasteiger charge is 2.56. The average Bonchev–Trinajstić information content (AvgIpc) is 3.37. The van der Waals surface area contributed by atoms with Crippen molar-refractivity contribution in [3.8, 4) is 0 Å². The Bertz CT molecular complexity index is 492. The molecule has 2 spiro atoms. The number of esters is 1. The highest BCUT2D eigenvalue weighted by atomic mass is 16.8. The Labute approximate surface area is 142 Å². The van der Waals surface area contributed by atoms with E-state index in [-0.39, 0.29) is 24.9 Å². The Hall–Kier alpha value is -0.950. The molecule has 0 amide bonds. The predicted octanol–water partition coefficient (Wildman–Crippen LogP) is 2.46. The summed E-state index contributed by atoms with van der Waals surface area (Å²) in [5, 5.41) is 0. The lowest BCUT2D eigenvalue weighted by molar-refractivity contribution is -0.195. The molecule has 6 nitrogen and oxygen atoms in total. The average molecular weight is 338 g/mol. The van der Waals surface area contributed by atoms with Crippen LogP contribution in [0.2, 0.25) is 0 Å². The van der Waals surface area contributed by atoms with Crippen LogP contribution in [-0.4, -0.2) is 49.1 Å². The zero-order chi connectivity index (χ0) is 16.6. The SMILES string of the molecule is C=CC(=O)OCC1OC2(CCCC2)OC1C1COC2(CCCC2)O1. The second kappa shape index (κ2) is 6.41. The number of hydrogen-bond acceptors (Lipinski definition) is 6. The first-order valence-corrected chi connectivity index (χ1v) is 9.10. The number of carbonyl (C=O) groups is 1. The summed E-state index contributed by atoms with van der Waals surface area (Å²) in [6.07, 6.45) is 8.53. The van der Waals surface area contributed by atoms with E-state index < -0.39 is 17.5 Å². The summed E-state index contributed by atoms with van der Waals surface area (Å²) in [6, 6.07) is 0. The standard InChI is InChI=1S/C18H26O6/c1-2-15(19)20-11-13-16(24-18(23-13)9-5-6-10-18)14-12-21-17(22-14)7-3-4-8-17/h2,13-14,16H,1,3-12H2. The lowest BCUT2D eigenvalue weighted by Crippen LogP contribution is -2.41. The first-order valence-electron chi connectivity index (χ1n) is 9.10. The molecule has 0 N–H and O–H groups in total. The van der Waals surface area contributed by atoms with E-state index in [0.717, 1.165) is 51.4 Å². The van der Waals surface area contributed by atoms with Gasteiger partial charge in [-0.2, -0.15) is 0 Å². The third-order valence-corrected chi connectivity index (χ3v) is 5.61. The van der Waals surface area contributed by atoms with Crippen molar-refractivity contribution in [1.29, 1.82) is 0 Å². The smallest absolute Gasteiger partial charge is 0.330 e. The summed E-state index contributed by atoms with van der Waals surface area (Å²) in [5.74, 6) is -1.41. The Morgan fingerprint density at radius 2 is 1.71 bits per heavy atom. The Balaban J connectivity index is 1.45. The Morgan fingerprint density at radius 1 is 1.04 bits per heavy atom. The molecule has 0 aromatic heterocycles. The largest absolute Gasteiger partial charge is 0.460 e. The van der Waals surface area contributed by atoms with Gasteiger partial charge >= 0.3 is 5.97 Å². The van der Waals surface area contributed by atoms with Gasteiger partial charge in [0.25, 0.3) is 0 Å². The topological polar surface area (TPSA) is 63.2 Å². The maximum atomic E-state index is 11.4. The van der Waals surface area contributed by atoms with Crippen LogP contribution in [-0.2, 0) is 28.5 Å². The molecular formula is C18H26O6. The molecule has 4 aliphatic rings. The Morgan fingerprint density at radius 3 is 2.38 bits per heavy atom. The van der Waals surface area contributed by atoms with Gasteiger partial charge in [0, 0.05) is 31.8 Å². The third-order valence-electron chi connectivity index (χ3n) is 5.61. The van der Waals surface area contributed by atoms with Gasteiger partial charge in [-0.15, -0.1) is 0 Å². The maximum Gasteiger partial charge on any atom is 0.330 e. The second-order valence-electron chi connectivity index (χ2n) is 7.28. The van der Waals surface area contributed by atoms with Gasteiger partial charge in [-0.3, -0.25) is 0 Å². The molecule has 0 aromatic rings. The molecule has 0 aromatic carbocycles. The minimum atomic E-state index is -0.537. The minimum absolute atomic E-state index is 0.157. The molecule has 2 saturated heterocycles. The molecule has 2 saturated carbocycles. The highest BCUT2D eigenvalue weighted by molar-refractivity contribution is 5.81. The molecule has 3 unspecified atom stereocenters. The quantitative estimate of drug-likeness (QED) is 0.580. The zero-order valence-electron chi connectivity index (χ0n) is 14.0. The van der Waals surface area contributed by atoms with E-state index in [9.17, 15) is 4.79 Å². The summed E-state index contributed by atoms with van der Waals surface area (Å²) in [5.41, 5.74) is 0. The fourth-order valence-electron chi connectivity index (χ4n) is 4.43. The van der Waals surface area contributed by atoms with E-state index in [1.54, 1.807) is 0 Å². The van der Waals surface area contributed by atoms with Crippen molar-refractivity contribution in [2.75, 3.05) is 13.2 Å². The van der Waals surface area contributed by atoms with Gasteiger partial charge in [-0.25, -0.2) is 4.79 Å². The van der Waals surface area contributed by atoms with Gasteiger partial charge in [0.05, 0.1) is 6.61 Å². The van der Waals surface area contributed by atoms with Crippen LogP contribution in [0.5, 0.6) is 0 Å². The monoisotopic (exact) mass is 338 g/mol. The molecule has 2 aliphatic carbocycles. The predicted molar refractivity (Wildman–Crippen MR) is 84.1 cm³/mol. The summed E-state index contributed by atoms with van der Waals surface area (Å²) < 4.78 is 30.0. The van der Waals surface area contributed by atoms with Gasteiger partial charge in [-0.1, -0.05) is 6.58 Å². The van der Waals surface area contributed by atoms with Crippen LogP contribution in [0.15, 0.2) is 12.7 Å². The van der Waals surface area contributed by atoms with Crippen molar-refractivity contribution in [3.05, 3.63) is 12.7 Å². The molecule has 24 heavy (non-hydrogen) atoms. The van der Waals surface area contributed by atoms with Gasteiger partial charge < -0.3 is 23.7 Å². The molecule has 134 valence electrons. The van der Waals surface area contributed by atoms with E-state index in [2.05, 4.69) is 6.58 Å². The van der Waals surface area contributed by atoms with Gasteiger partial charge in [0.15, 0.2) is 11.6 Å². The van der Waals surface area contributed by atoms with Crippen LogP contribution in [0.4, 0.5) is 0 Å². The zero-order valence-corrected chi connectivity index (χ0v) is 14.0. The molecule has 4 rings (SSSR count). The van der Waals surface area contributed by atoms with E-state index in [4.69, 9.17) is 23.7 Å². The van der Waals surface area contributed by atoms with Crippen molar-refractivity contribution in [1.82, 2.24) is 0 Å². The summed E-state index contributed by atoms with van der Waals surface area (Å²) in [7, 11) is 0. The van der Waals surface area contributed by atoms with Crippen LogP contribution < -0.4 is 0 Å². The molecule has 0 bridgehead atoms. The minimum Gasteiger partial charge on any atom is -0.460 e. The van der Waals surface area contributed by atoms with Crippen molar-refractivity contribution in [2.45, 2.75) is 81.3 Å². The maximum absolute atomic E-state index is 11.4. The number of rotatable bonds is 4. The number of hydrogen-bond donors (Lipinski definition) is 0. The van der Waals surface area contributed by atoms with Crippen LogP contribution >= 0.6 is 0 Å². The van der Waals surface area contributed by atoms with Gasteiger partial charge in [0.2, 0.25) is 0 Å². The number of carbonyl (C=O) groups excluding carboxylic acids is 1. The van der Waals surface area contributed by atoms with Crippen molar-refractivity contribution in [3.63, 3.8) is 0 Å². The van der Waals surface area contributed by atoms with E-state index in [1.807, 2.05) is 0 Å². The first-order chi connectivity index (χ1) is 11.6. The fraction of sp³-hybridized carbons (Fsp3) is 0.833. The van der Waals surface area contributed by atoms with Crippen molar-refractivity contribution in [2.24, 2.45) is 0 Å². The van der Waals surface area contributed by atoms with Crippen LogP contribution in [0.3, 0.4) is 0 Å². The van der Waals surface area contributed by atoms with Crippen LogP contribution in [0, 0.1) is 0 Å². The fourth-order valence-corrected chi connectivity index (χ4v) is 4.43. The first kappa shape index (κ1) is 16.5. The van der Waals surface area contributed by atoms with Crippen molar-refractivity contribution >= 4 is 5.97 Å². The van der Waals surface area contributed by atoms with Gasteiger partial charge in [0.1, 0.15) is 24.9 Å². The van der Waals surface area contributed by atoms with E-state index in [1.165, 1.54) is 6.08 Å². The number of ether oxygens (including phenoxy) is 5. The molecule has 2 aliphatic heterocycles. The van der Waals surface area contributed by atoms with Crippen LogP contribution in [0.1, 0.15) is 51.4 Å². The van der Waals surface area contributed by atoms with E-state index in [0.29, 0.717) is 6.61 Å². The molecule has 4 fully saturated rings. The normalized spacial score (nSPS) is 36.6. The Kier molecular flexibility index (Phi) is 4.41. The van der Waals surface area contributed by atoms with E-state index >= 15 is 0 Å². The molecule has 0 radical (unpaired) electrons. The summed E-state index contributed by atoms with van der Waals surface area (Å²) >= 11 is 0. The molecule has 6 heteroatoms. The molecule has 2 heterocycles. The second-order valence-corrected chi connectivity index (χ2v) is 7.28. The van der Waals surface area contributed by atoms with Gasteiger partial charge in [-0.05, 0) is 25.7 Å². The molecule has 3 atom stereocenters. The van der Waals surface area contributed by atoms with Crippen molar-refractivity contribution < 1.29 is 28.5 Å². The summed E-state index contributed by atoms with van der Waals surface area (Å²) in [6.45, 7) is 4.10.